The van der Waals surface area contributed by atoms with Gasteiger partial charge in [-0.2, -0.15) is 18.4 Å². The minimum absolute atomic E-state index is 0.149. The van der Waals surface area contributed by atoms with Crippen LogP contribution < -0.4 is 4.74 Å². The van der Waals surface area contributed by atoms with E-state index < -0.39 is 39.7 Å². The van der Waals surface area contributed by atoms with Crippen molar-refractivity contribution in [2.45, 2.75) is 19.0 Å². The summed E-state index contributed by atoms with van der Waals surface area (Å²) in [5.74, 6) is -1.24. The van der Waals surface area contributed by atoms with Crippen LogP contribution in [0.2, 0.25) is 0 Å². The molecule has 3 nitrogen and oxygen atoms in total. The highest BCUT2D eigenvalue weighted by atomic mass is 127. The summed E-state index contributed by atoms with van der Waals surface area (Å²) in [4.78, 5) is 3.25. The van der Waals surface area contributed by atoms with Crippen molar-refractivity contribution in [1.82, 2.24) is 4.98 Å². The molecule has 0 aromatic carbocycles. The second kappa shape index (κ2) is 5.40. The van der Waals surface area contributed by atoms with Gasteiger partial charge >= 0.3 is 12.5 Å². The number of hydrogen-bond acceptors (Lipinski definition) is 3. The predicted octanol–water partition coefficient (Wildman–Crippen LogP) is 3.67. The Morgan fingerprint density at radius 2 is 1.84 bits per heavy atom. The maximum atomic E-state index is 12.6. The number of rotatable bonds is 2. The highest BCUT2D eigenvalue weighted by molar-refractivity contribution is 14.1. The molecule has 0 spiro atoms. The van der Waals surface area contributed by atoms with E-state index >= 15 is 0 Å². The number of aromatic nitrogens is 1. The van der Waals surface area contributed by atoms with Crippen molar-refractivity contribution in [2.75, 3.05) is 0 Å². The van der Waals surface area contributed by atoms with Crippen molar-refractivity contribution >= 4 is 22.6 Å². The van der Waals surface area contributed by atoms with Crippen LogP contribution in [0.5, 0.6) is 5.88 Å². The molecule has 0 saturated heterocycles. The van der Waals surface area contributed by atoms with E-state index in [1.807, 2.05) is 0 Å². The van der Waals surface area contributed by atoms with Gasteiger partial charge in [-0.1, -0.05) is 0 Å². The average Bonchev–Trinajstić information content (AvgIpc) is 2.19. The number of pyridine rings is 1. The van der Waals surface area contributed by atoms with Gasteiger partial charge in [0.1, 0.15) is 0 Å². The van der Waals surface area contributed by atoms with Crippen molar-refractivity contribution in [1.29, 1.82) is 5.26 Å². The molecule has 0 aliphatic rings. The Morgan fingerprint density at radius 1 is 1.26 bits per heavy atom. The van der Waals surface area contributed by atoms with Crippen molar-refractivity contribution in [3.8, 4) is 11.9 Å². The molecule has 0 aliphatic heterocycles. The Bertz CT molecular complexity index is 519. The third-order valence-electron chi connectivity index (χ3n) is 1.77. The lowest BCUT2D eigenvalue weighted by Gasteiger charge is -2.14. The Hall–Kier alpha value is -1.25. The van der Waals surface area contributed by atoms with Crippen LogP contribution in [-0.4, -0.2) is 11.3 Å². The van der Waals surface area contributed by atoms with Crippen LogP contribution in [0.1, 0.15) is 11.3 Å². The zero-order valence-electron chi connectivity index (χ0n) is 8.73. The number of nitriles is 1. The molecule has 0 radical (unpaired) electrons. The SMILES string of the molecule is N#CCc1nc(OC(F)(F)F)cc(C(F)(F)F)c1I. The molecule has 0 fully saturated rings. The summed E-state index contributed by atoms with van der Waals surface area (Å²) in [5.41, 5.74) is -1.75. The Kier molecular flexibility index (Phi) is 4.49. The summed E-state index contributed by atoms with van der Waals surface area (Å²) < 4.78 is 76.7. The second-order valence-corrected chi connectivity index (χ2v) is 4.23. The largest absolute Gasteiger partial charge is 0.574 e. The fraction of sp³-hybridized carbons (Fsp3) is 0.333. The first-order valence-corrected chi connectivity index (χ1v) is 5.52. The number of hydrogen-bond donors (Lipinski definition) is 0. The molecule has 0 aliphatic carbocycles. The zero-order valence-corrected chi connectivity index (χ0v) is 10.9. The summed E-state index contributed by atoms with van der Waals surface area (Å²) in [6.45, 7) is 0. The summed E-state index contributed by atoms with van der Waals surface area (Å²) >= 11 is 1.27. The van der Waals surface area contributed by atoms with E-state index in [-0.39, 0.29) is 6.07 Å². The van der Waals surface area contributed by atoms with Crippen molar-refractivity contribution in [3.05, 3.63) is 20.9 Å². The van der Waals surface area contributed by atoms with Gasteiger partial charge < -0.3 is 4.74 Å². The normalized spacial score (nSPS) is 12.1. The number of halogens is 7. The lowest BCUT2D eigenvalue weighted by atomic mass is 10.2. The zero-order chi connectivity index (χ0) is 14.8. The van der Waals surface area contributed by atoms with E-state index in [1.165, 1.54) is 28.7 Å². The van der Waals surface area contributed by atoms with Crippen LogP contribution in [0.15, 0.2) is 6.07 Å². The van der Waals surface area contributed by atoms with Crippen LogP contribution in [0.4, 0.5) is 26.3 Å². The molecule has 0 unspecified atom stereocenters. The van der Waals surface area contributed by atoms with Gasteiger partial charge in [0.15, 0.2) is 0 Å². The van der Waals surface area contributed by atoms with Gasteiger partial charge in [0, 0.05) is 9.64 Å². The van der Waals surface area contributed by atoms with E-state index in [1.54, 1.807) is 0 Å². The molecule has 0 atom stereocenters. The van der Waals surface area contributed by atoms with Crippen molar-refractivity contribution in [3.63, 3.8) is 0 Å². The Morgan fingerprint density at radius 3 is 2.26 bits per heavy atom. The molecule has 1 rings (SSSR count). The minimum atomic E-state index is -5.16. The monoisotopic (exact) mass is 396 g/mol. The molecule has 1 aromatic heterocycles. The second-order valence-electron chi connectivity index (χ2n) is 3.15. The third-order valence-corrected chi connectivity index (χ3v) is 2.98. The summed E-state index contributed by atoms with van der Waals surface area (Å²) in [6, 6.07) is 1.67. The van der Waals surface area contributed by atoms with E-state index in [0.29, 0.717) is 0 Å². The molecule has 19 heavy (non-hydrogen) atoms. The Balaban J connectivity index is 3.36. The number of alkyl halides is 6. The van der Waals surface area contributed by atoms with Crippen LogP contribution in [-0.2, 0) is 12.6 Å². The van der Waals surface area contributed by atoms with Gasteiger partial charge in [0.25, 0.3) is 0 Å². The lowest BCUT2D eigenvalue weighted by molar-refractivity contribution is -0.276. The first-order valence-electron chi connectivity index (χ1n) is 4.44. The first kappa shape index (κ1) is 15.8. The molecule has 1 aromatic rings. The lowest BCUT2D eigenvalue weighted by Crippen LogP contribution is -2.20. The fourth-order valence-corrected chi connectivity index (χ4v) is 1.90. The summed E-state index contributed by atoms with van der Waals surface area (Å²) in [7, 11) is 0. The summed E-state index contributed by atoms with van der Waals surface area (Å²) in [5, 5.41) is 8.42. The fourth-order valence-electron chi connectivity index (χ4n) is 1.13. The maximum Gasteiger partial charge on any atom is 0.574 e. The first-order chi connectivity index (χ1) is 8.54. The van der Waals surface area contributed by atoms with Crippen LogP contribution >= 0.6 is 22.6 Å². The van der Waals surface area contributed by atoms with Crippen LogP contribution in [0.3, 0.4) is 0 Å². The van der Waals surface area contributed by atoms with Gasteiger partial charge in [-0.05, 0) is 22.6 Å². The van der Waals surface area contributed by atoms with Gasteiger partial charge in [-0.25, -0.2) is 4.98 Å². The summed E-state index contributed by atoms with van der Waals surface area (Å²) in [6.07, 6.45) is -10.6. The molecule has 104 valence electrons. The Labute approximate surface area is 116 Å². The quantitative estimate of drug-likeness (QED) is 0.567. The third kappa shape index (κ3) is 4.41. The molecular weight excluding hydrogens is 393 g/mol. The van der Waals surface area contributed by atoms with Crippen molar-refractivity contribution < 1.29 is 31.1 Å². The molecule has 0 amide bonds. The van der Waals surface area contributed by atoms with E-state index in [2.05, 4.69) is 9.72 Å². The highest BCUT2D eigenvalue weighted by Gasteiger charge is 2.37. The number of nitrogens with zero attached hydrogens (tertiary/aromatic N) is 2. The van der Waals surface area contributed by atoms with Gasteiger partial charge in [-0.15, -0.1) is 13.2 Å². The van der Waals surface area contributed by atoms with E-state index in [4.69, 9.17) is 5.26 Å². The molecule has 10 heteroatoms. The molecule has 0 saturated carbocycles. The molecule has 1 heterocycles. The minimum Gasteiger partial charge on any atom is -0.388 e. The van der Waals surface area contributed by atoms with Crippen LogP contribution in [0, 0.1) is 14.9 Å². The average molecular weight is 396 g/mol. The molecule has 0 bridgehead atoms. The highest BCUT2D eigenvalue weighted by Crippen LogP contribution is 2.36. The standard InChI is InChI=1S/C9H3F6IN2O/c10-8(11,12)4-3-6(19-9(13,14)15)18-5(1-2-17)7(4)16/h3H,1H2. The molecular formula is C9H3F6IN2O. The smallest absolute Gasteiger partial charge is 0.388 e. The topological polar surface area (TPSA) is 45.9 Å². The predicted molar refractivity (Wildman–Crippen MR) is 58.0 cm³/mol. The van der Waals surface area contributed by atoms with E-state index in [0.717, 1.165) is 0 Å². The van der Waals surface area contributed by atoms with E-state index in [9.17, 15) is 26.3 Å². The van der Waals surface area contributed by atoms with Gasteiger partial charge in [-0.3, -0.25) is 0 Å². The number of ether oxygens (including phenoxy) is 1. The van der Waals surface area contributed by atoms with Gasteiger partial charge in [0.2, 0.25) is 5.88 Å². The maximum absolute atomic E-state index is 12.6. The van der Waals surface area contributed by atoms with Crippen LogP contribution in [0.25, 0.3) is 0 Å². The van der Waals surface area contributed by atoms with Gasteiger partial charge in [0.05, 0.1) is 23.7 Å². The van der Waals surface area contributed by atoms with Crippen molar-refractivity contribution in [2.24, 2.45) is 0 Å². The molecule has 0 N–H and O–H groups in total.